The van der Waals surface area contributed by atoms with Gasteiger partial charge in [0.1, 0.15) is 10.3 Å². The van der Waals surface area contributed by atoms with Gasteiger partial charge in [0.15, 0.2) is 0 Å². The molecular formula is C4H3N3S. The average molecular weight is 125 g/mol. The second kappa shape index (κ2) is 1.29. The Bertz CT molecular complexity index is 233. The van der Waals surface area contributed by atoms with E-state index in [-0.39, 0.29) is 0 Å². The molecule has 0 saturated carbocycles. The molecule has 0 unspecified atom stereocenters. The molecule has 2 aromatic heterocycles. The zero-order valence-corrected chi connectivity index (χ0v) is 4.77. The quantitative estimate of drug-likeness (QED) is 0.571. The summed E-state index contributed by atoms with van der Waals surface area (Å²) in [5.74, 6) is 0. The largest absolute Gasteiger partial charge is 0.350 e. The average Bonchev–Trinajstić information content (AvgIpc) is 2.15. The second-order valence-electron chi connectivity index (χ2n) is 1.46. The number of nitrogens with one attached hydrogen (secondary N) is 1. The first-order valence-electron chi connectivity index (χ1n) is 2.22. The maximum atomic E-state index is 3.82. The summed E-state index contributed by atoms with van der Waals surface area (Å²) in [6.45, 7) is 0. The molecule has 3 nitrogen and oxygen atoms in total. The van der Waals surface area contributed by atoms with Crippen LogP contribution in [0, 0.1) is 0 Å². The van der Waals surface area contributed by atoms with Gasteiger partial charge in [-0.25, -0.2) is 0 Å². The van der Waals surface area contributed by atoms with Crippen molar-refractivity contribution >= 4 is 21.9 Å². The molecule has 0 aromatic carbocycles. The molecule has 0 aliphatic carbocycles. The monoisotopic (exact) mass is 125 g/mol. The van der Waals surface area contributed by atoms with Gasteiger partial charge in [0.25, 0.3) is 0 Å². The number of nitrogens with zero attached hydrogens (tertiary/aromatic N) is 2. The van der Waals surface area contributed by atoms with E-state index >= 15 is 0 Å². The first-order valence-corrected chi connectivity index (χ1v) is 2.99. The van der Waals surface area contributed by atoms with Gasteiger partial charge in [-0.1, -0.05) is 4.49 Å². The minimum absolute atomic E-state index is 0.954. The second-order valence-corrected chi connectivity index (χ2v) is 2.22. The van der Waals surface area contributed by atoms with Crippen LogP contribution in [0.15, 0.2) is 12.3 Å². The van der Waals surface area contributed by atoms with Crippen LogP contribution in [0.3, 0.4) is 0 Å². The van der Waals surface area contributed by atoms with Gasteiger partial charge in [0.2, 0.25) is 0 Å². The Labute approximate surface area is 49.5 Å². The van der Waals surface area contributed by atoms with Gasteiger partial charge in [-0.2, -0.15) is 0 Å². The van der Waals surface area contributed by atoms with Crippen molar-refractivity contribution in [2.75, 3.05) is 0 Å². The summed E-state index contributed by atoms with van der Waals surface area (Å²) in [6, 6.07) is 1.90. The van der Waals surface area contributed by atoms with Gasteiger partial charge in [0.05, 0.1) is 0 Å². The molecule has 2 heterocycles. The fraction of sp³-hybridized carbons (Fsp3) is 0. The van der Waals surface area contributed by atoms with Crippen LogP contribution in [0.1, 0.15) is 0 Å². The lowest BCUT2D eigenvalue weighted by Crippen LogP contribution is -1.57. The zero-order chi connectivity index (χ0) is 5.40. The molecule has 2 rings (SSSR count). The maximum absolute atomic E-state index is 3.82. The fourth-order valence-corrected chi connectivity index (χ4v) is 1.14. The lowest BCUT2D eigenvalue weighted by atomic mass is 10.6. The minimum Gasteiger partial charge on any atom is -0.350 e. The fourth-order valence-electron chi connectivity index (χ4n) is 0.603. The number of aromatic amines is 1. The SMILES string of the molecule is c1cc2nnsc2[nH]1. The summed E-state index contributed by atoms with van der Waals surface area (Å²) in [4.78, 5) is 4.04. The van der Waals surface area contributed by atoms with E-state index < -0.39 is 0 Å². The molecule has 0 radical (unpaired) electrons. The molecule has 40 valence electrons. The van der Waals surface area contributed by atoms with Crippen molar-refractivity contribution in [3.63, 3.8) is 0 Å². The highest BCUT2D eigenvalue weighted by atomic mass is 32.1. The van der Waals surface area contributed by atoms with Crippen LogP contribution in [-0.2, 0) is 0 Å². The summed E-state index contributed by atoms with van der Waals surface area (Å²) in [7, 11) is 0. The lowest BCUT2D eigenvalue weighted by molar-refractivity contribution is 1.20. The van der Waals surface area contributed by atoms with Crippen LogP contribution < -0.4 is 0 Å². The van der Waals surface area contributed by atoms with Gasteiger partial charge in [-0.15, -0.1) is 5.10 Å². The van der Waals surface area contributed by atoms with E-state index in [4.69, 9.17) is 0 Å². The van der Waals surface area contributed by atoms with Gasteiger partial charge in [-0.05, 0) is 6.07 Å². The molecule has 0 aliphatic heterocycles. The van der Waals surface area contributed by atoms with E-state index in [2.05, 4.69) is 14.6 Å². The van der Waals surface area contributed by atoms with Crippen LogP contribution in [0.4, 0.5) is 0 Å². The van der Waals surface area contributed by atoms with Crippen molar-refractivity contribution in [3.05, 3.63) is 12.3 Å². The molecule has 0 atom stereocenters. The lowest BCUT2D eigenvalue weighted by Gasteiger charge is -1.61. The summed E-state index contributed by atoms with van der Waals surface area (Å²) in [5.41, 5.74) is 0.954. The zero-order valence-electron chi connectivity index (χ0n) is 3.96. The Kier molecular flexibility index (Phi) is 0.648. The Morgan fingerprint density at radius 3 is 3.50 bits per heavy atom. The predicted octanol–water partition coefficient (Wildman–Crippen LogP) is 1.02. The summed E-state index contributed by atoms with van der Waals surface area (Å²) < 4.78 is 3.72. The van der Waals surface area contributed by atoms with E-state index in [0.29, 0.717) is 0 Å². The standard InChI is InChI=1S/C4H3N3S/c1-2-5-4-3(1)6-7-8-4/h1-2,5H. The number of rotatable bonds is 0. The van der Waals surface area contributed by atoms with Crippen LogP contribution in [0.2, 0.25) is 0 Å². The summed E-state index contributed by atoms with van der Waals surface area (Å²) in [5, 5.41) is 3.82. The third-order valence-electron chi connectivity index (χ3n) is 0.969. The van der Waals surface area contributed by atoms with Gasteiger partial charge in [0, 0.05) is 17.7 Å². The van der Waals surface area contributed by atoms with Crippen LogP contribution >= 0.6 is 11.5 Å². The highest BCUT2D eigenvalue weighted by Gasteiger charge is 1.93. The maximum Gasteiger partial charge on any atom is 0.141 e. The van der Waals surface area contributed by atoms with E-state index in [1.165, 1.54) is 11.5 Å². The van der Waals surface area contributed by atoms with E-state index in [0.717, 1.165) is 10.3 Å². The predicted molar refractivity (Wildman–Crippen MR) is 31.8 cm³/mol. The number of aromatic nitrogens is 3. The minimum atomic E-state index is 0.954. The van der Waals surface area contributed by atoms with Crippen LogP contribution in [0.25, 0.3) is 10.3 Å². The molecular weight excluding hydrogens is 122 g/mol. The van der Waals surface area contributed by atoms with Crippen molar-refractivity contribution in [1.29, 1.82) is 0 Å². The van der Waals surface area contributed by atoms with Gasteiger partial charge < -0.3 is 4.98 Å². The molecule has 0 bridgehead atoms. The highest BCUT2D eigenvalue weighted by molar-refractivity contribution is 7.12. The Balaban J connectivity index is 3.06. The van der Waals surface area contributed by atoms with E-state index in [9.17, 15) is 0 Å². The normalized spacial score (nSPS) is 10.5. The molecule has 0 spiro atoms. The van der Waals surface area contributed by atoms with Crippen molar-refractivity contribution in [2.45, 2.75) is 0 Å². The van der Waals surface area contributed by atoms with Gasteiger partial charge >= 0.3 is 0 Å². The molecule has 4 heteroatoms. The number of hydrogen-bond acceptors (Lipinski definition) is 3. The first-order chi connectivity index (χ1) is 3.97. The van der Waals surface area contributed by atoms with Crippen molar-refractivity contribution < 1.29 is 0 Å². The van der Waals surface area contributed by atoms with E-state index in [1.807, 2.05) is 12.3 Å². The Hall–Kier alpha value is -0.900. The molecule has 8 heavy (non-hydrogen) atoms. The van der Waals surface area contributed by atoms with Crippen molar-refractivity contribution in [1.82, 2.24) is 14.6 Å². The molecule has 0 fully saturated rings. The molecule has 0 saturated heterocycles. The Morgan fingerprint density at radius 2 is 2.62 bits per heavy atom. The van der Waals surface area contributed by atoms with Crippen molar-refractivity contribution in [2.24, 2.45) is 0 Å². The third kappa shape index (κ3) is 0.376. The highest BCUT2D eigenvalue weighted by Crippen LogP contribution is 2.10. The molecule has 0 amide bonds. The summed E-state index contributed by atoms with van der Waals surface area (Å²) in [6.07, 6.45) is 1.86. The topological polar surface area (TPSA) is 41.6 Å². The van der Waals surface area contributed by atoms with Gasteiger partial charge in [-0.3, -0.25) is 0 Å². The number of hydrogen-bond donors (Lipinski definition) is 1. The Morgan fingerprint density at radius 1 is 1.62 bits per heavy atom. The molecule has 0 aliphatic rings. The smallest absolute Gasteiger partial charge is 0.141 e. The first kappa shape index (κ1) is 4.03. The number of fused-ring (bicyclic) bond motifs is 1. The third-order valence-corrected chi connectivity index (χ3v) is 1.64. The van der Waals surface area contributed by atoms with Crippen LogP contribution in [-0.4, -0.2) is 14.6 Å². The van der Waals surface area contributed by atoms with Crippen LogP contribution in [0.5, 0.6) is 0 Å². The molecule has 2 aromatic rings. The van der Waals surface area contributed by atoms with E-state index in [1.54, 1.807) is 0 Å². The summed E-state index contributed by atoms with van der Waals surface area (Å²) >= 11 is 1.38. The van der Waals surface area contributed by atoms with Crippen molar-refractivity contribution in [3.8, 4) is 0 Å². The molecule has 1 N–H and O–H groups in total. The number of H-pyrrole nitrogens is 1.